The van der Waals surface area contributed by atoms with Crippen LogP contribution in [0.1, 0.15) is 19.3 Å². The number of hydrogen-bond acceptors (Lipinski definition) is 4. The number of primary amides is 1. The molecule has 0 heterocycles. The average molecular weight is 265 g/mol. The molecule has 5 N–H and O–H groups in total. The van der Waals surface area contributed by atoms with Crippen LogP contribution in [-0.2, 0) is 9.59 Å². The van der Waals surface area contributed by atoms with Gasteiger partial charge in [-0.25, -0.2) is 0 Å². The van der Waals surface area contributed by atoms with E-state index < -0.39 is 5.91 Å². The number of rotatable bonds is 8. The number of anilines is 1. The van der Waals surface area contributed by atoms with Crippen molar-refractivity contribution in [2.45, 2.75) is 19.3 Å². The number of ether oxygens (including phenoxy) is 1. The van der Waals surface area contributed by atoms with E-state index >= 15 is 0 Å². The summed E-state index contributed by atoms with van der Waals surface area (Å²) in [6, 6.07) is 6.81. The van der Waals surface area contributed by atoms with Gasteiger partial charge in [0.25, 0.3) is 5.91 Å². The average Bonchev–Trinajstić information content (AvgIpc) is 2.37. The summed E-state index contributed by atoms with van der Waals surface area (Å²) in [5.74, 6) is -0.129. The van der Waals surface area contributed by atoms with Crippen molar-refractivity contribution >= 4 is 17.5 Å². The van der Waals surface area contributed by atoms with Crippen LogP contribution in [0, 0.1) is 0 Å². The van der Waals surface area contributed by atoms with Crippen molar-refractivity contribution in [3.05, 3.63) is 24.3 Å². The predicted octanol–water partition coefficient (Wildman–Crippen LogP) is 0.618. The minimum atomic E-state index is -0.545. The summed E-state index contributed by atoms with van der Waals surface area (Å²) in [6.45, 7) is 0.400. The van der Waals surface area contributed by atoms with Crippen molar-refractivity contribution in [2.24, 2.45) is 11.5 Å². The van der Waals surface area contributed by atoms with Crippen LogP contribution in [0.15, 0.2) is 24.3 Å². The third kappa shape index (κ3) is 6.42. The maximum atomic E-state index is 11.6. The molecule has 0 spiro atoms. The molecule has 1 aromatic carbocycles. The zero-order chi connectivity index (χ0) is 14.1. The number of carbonyl (C=O) groups excluding carboxylic acids is 2. The molecule has 0 saturated carbocycles. The molecule has 0 aromatic heterocycles. The molecule has 2 amide bonds. The molecule has 0 unspecified atom stereocenters. The molecule has 104 valence electrons. The second-order valence-electron chi connectivity index (χ2n) is 4.08. The Morgan fingerprint density at radius 2 is 2.05 bits per heavy atom. The molecule has 0 atom stereocenters. The molecule has 0 bridgehead atoms. The fourth-order valence-electron chi connectivity index (χ4n) is 1.47. The normalized spacial score (nSPS) is 9.95. The van der Waals surface area contributed by atoms with E-state index in [0.29, 0.717) is 24.4 Å². The van der Waals surface area contributed by atoms with Gasteiger partial charge in [-0.15, -0.1) is 0 Å². The molecule has 1 aromatic rings. The van der Waals surface area contributed by atoms with Crippen LogP contribution in [0.4, 0.5) is 5.69 Å². The molecule has 0 fully saturated rings. The van der Waals surface area contributed by atoms with Gasteiger partial charge in [-0.05, 0) is 31.5 Å². The summed E-state index contributed by atoms with van der Waals surface area (Å²) >= 11 is 0. The lowest BCUT2D eigenvalue weighted by Crippen LogP contribution is -2.20. The van der Waals surface area contributed by atoms with Gasteiger partial charge in [0.2, 0.25) is 5.91 Å². The lowest BCUT2D eigenvalue weighted by molar-refractivity contribution is -0.120. The number of nitrogens with two attached hydrogens (primary N) is 2. The second kappa shape index (κ2) is 8.10. The largest absolute Gasteiger partial charge is 0.484 e. The van der Waals surface area contributed by atoms with Crippen LogP contribution in [0.25, 0.3) is 0 Å². The van der Waals surface area contributed by atoms with Gasteiger partial charge in [-0.2, -0.15) is 0 Å². The lowest BCUT2D eigenvalue weighted by Gasteiger charge is -2.08. The summed E-state index contributed by atoms with van der Waals surface area (Å²) in [5, 5.41) is 2.75. The Morgan fingerprint density at radius 1 is 1.26 bits per heavy atom. The zero-order valence-electron chi connectivity index (χ0n) is 10.7. The van der Waals surface area contributed by atoms with E-state index in [1.165, 1.54) is 0 Å². The van der Waals surface area contributed by atoms with E-state index in [1.807, 2.05) is 0 Å². The molecule has 0 aliphatic carbocycles. The third-order valence-electron chi connectivity index (χ3n) is 2.36. The van der Waals surface area contributed by atoms with Crippen LogP contribution >= 0.6 is 0 Å². The van der Waals surface area contributed by atoms with Gasteiger partial charge in [0.05, 0.1) is 0 Å². The van der Waals surface area contributed by atoms with Crippen molar-refractivity contribution in [1.29, 1.82) is 0 Å². The summed E-state index contributed by atoms with van der Waals surface area (Å²) in [7, 11) is 0. The van der Waals surface area contributed by atoms with Crippen molar-refractivity contribution in [1.82, 2.24) is 0 Å². The lowest BCUT2D eigenvalue weighted by atomic mass is 10.2. The third-order valence-corrected chi connectivity index (χ3v) is 2.36. The van der Waals surface area contributed by atoms with Gasteiger partial charge in [-0.1, -0.05) is 6.07 Å². The number of nitrogens with one attached hydrogen (secondary N) is 1. The topological polar surface area (TPSA) is 107 Å². The Balaban J connectivity index is 2.47. The van der Waals surface area contributed by atoms with Crippen LogP contribution in [0.5, 0.6) is 5.75 Å². The van der Waals surface area contributed by atoms with Gasteiger partial charge >= 0.3 is 0 Å². The predicted molar refractivity (Wildman–Crippen MR) is 72.7 cm³/mol. The SMILES string of the molecule is NCCCCC(=O)Nc1cccc(OCC(N)=O)c1. The summed E-state index contributed by atoms with van der Waals surface area (Å²) < 4.78 is 5.15. The second-order valence-corrected chi connectivity index (χ2v) is 4.08. The first-order valence-corrected chi connectivity index (χ1v) is 6.13. The highest BCUT2D eigenvalue weighted by Crippen LogP contribution is 2.17. The monoisotopic (exact) mass is 265 g/mol. The van der Waals surface area contributed by atoms with Crippen LogP contribution in [0.3, 0.4) is 0 Å². The number of carbonyl (C=O) groups is 2. The number of amides is 2. The molecule has 0 aliphatic heterocycles. The Morgan fingerprint density at radius 3 is 2.74 bits per heavy atom. The summed E-state index contributed by atoms with van der Waals surface area (Å²) in [4.78, 5) is 22.2. The maximum absolute atomic E-state index is 11.6. The zero-order valence-corrected chi connectivity index (χ0v) is 10.7. The van der Waals surface area contributed by atoms with Crippen LogP contribution < -0.4 is 21.5 Å². The molecule has 1 rings (SSSR count). The Bertz CT molecular complexity index is 435. The highest BCUT2D eigenvalue weighted by Gasteiger charge is 2.03. The van der Waals surface area contributed by atoms with Crippen molar-refractivity contribution in [3.8, 4) is 5.75 Å². The van der Waals surface area contributed by atoms with E-state index in [-0.39, 0.29) is 12.5 Å². The Hall–Kier alpha value is -2.08. The molecule has 0 saturated heterocycles. The number of benzene rings is 1. The first-order valence-electron chi connectivity index (χ1n) is 6.13. The van der Waals surface area contributed by atoms with Crippen molar-refractivity contribution < 1.29 is 14.3 Å². The van der Waals surface area contributed by atoms with E-state index in [0.717, 1.165) is 12.8 Å². The molecular weight excluding hydrogens is 246 g/mol. The summed E-state index contributed by atoms with van der Waals surface area (Å²) in [6.07, 6.45) is 2.03. The molecule has 19 heavy (non-hydrogen) atoms. The van der Waals surface area contributed by atoms with Gasteiger partial charge in [-0.3, -0.25) is 9.59 Å². The van der Waals surface area contributed by atoms with Gasteiger partial charge < -0.3 is 21.5 Å². The molecule has 0 aliphatic rings. The van der Waals surface area contributed by atoms with Crippen molar-refractivity contribution in [2.75, 3.05) is 18.5 Å². The molecule has 0 radical (unpaired) electrons. The Kier molecular flexibility index (Phi) is 6.38. The molecule has 6 nitrogen and oxygen atoms in total. The first kappa shape index (κ1) is 15.0. The first-order chi connectivity index (χ1) is 9.11. The van der Waals surface area contributed by atoms with Gasteiger partial charge in [0, 0.05) is 18.2 Å². The standard InChI is InChI=1S/C13H19N3O3/c14-7-2-1-6-13(18)16-10-4-3-5-11(8-10)19-9-12(15)17/h3-5,8H,1-2,6-7,9,14H2,(H2,15,17)(H,16,18). The van der Waals surface area contributed by atoms with E-state index in [9.17, 15) is 9.59 Å². The maximum Gasteiger partial charge on any atom is 0.255 e. The molecular formula is C13H19N3O3. The van der Waals surface area contributed by atoms with E-state index in [1.54, 1.807) is 24.3 Å². The van der Waals surface area contributed by atoms with E-state index in [2.05, 4.69) is 5.32 Å². The number of unbranched alkanes of at least 4 members (excludes halogenated alkanes) is 1. The highest BCUT2D eigenvalue weighted by molar-refractivity contribution is 5.90. The minimum Gasteiger partial charge on any atom is -0.484 e. The fourth-order valence-corrected chi connectivity index (χ4v) is 1.47. The van der Waals surface area contributed by atoms with Crippen LogP contribution in [0.2, 0.25) is 0 Å². The number of hydrogen-bond donors (Lipinski definition) is 3. The smallest absolute Gasteiger partial charge is 0.255 e. The van der Waals surface area contributed by atoms with Crippen LogP contribution in [-0.4, -0.2) is 25.0 Å². The highest BCUT2D eigenvalue weighted by atomic mass is 16.5. The minimum absolute atomic E-state index is 0.0690. The summed E-state index contributed by atoms with van der Waals surface area (Å²) in [5.41, 5.74) is 11.0. The van der Waals surface area contributed by atoms with Crippen molar-refractivity contribution in [3.63, 3.8) is 0 Å². The van der Waals surface area contributed by atoms with Gasteiger partial charge in [0.1, 0.15) is 5.75 Å². The fraction of sp³-hybridized carbons (Fsp3) is 0.385. The quantitative estimate of drug-likeness (QED) is 0.599. The Labute approximate surface area is 112 Å². The van der Waals surface area contributed by atoms with Gasteiger partial charge in [0.15, 0.2) is 6.61 Å². The molecule has 6 heteroatoms. The van der Waals surface area contributed by atoms with E-state index in [4.69, 9.17) is 16.2 Å².